The third-order valence-electron chi connectivity index (χ3n) is 5.68. The molecule has 1 fully saturated rings. The minimum atomic E-state index is -5.08. The molecule has 0 aliphatic carbocycles. The molecule has 3 heterocycles. The number of likely N-dealkylation sites (tertiary alicyclic amines) is 1. The van der Waals surface area contributed by atoms with E-state index < -0.39 is 24.3 Å². The van der Waals surface area contributed by atoms with Crippen LogP contribution >= 0.6 is 0 Å². The molecular formula is C23H31F6N5O6. The van der Waals surface area contributed by atoms with Gasteiger partial charge in [0.2, 0.25) is 0 Å². The van der Waals surface area contributed by atoms with Gasteiger partial charge in [-0.3, -0.25) is 9.88 Å². The zero-order chi connectivity index (χ0) is 31.1. The van der Waals surface area contributed by atoms with E-state index in [1.807, 2.05) is 4.68 Å². The van der Waals surface area contributed by atoms with E-state index in [4.69, 9.17) is 19.8 Å². The summed E-state index contributed by atoms with van der Waals surface area (Å²) in [5.41, 5.74) is 3.11. The Morgan fingerprint density at radius 1 is 1.00 bits per heavy atom. The molecule has 226 valence electrons. The maximum Gasteiger partial charge on any atom is 0.490 e. The first-order chi connectivity index (χ1) is 18.2. The van der Waals surface area contributed by atoms with Crippen LogP contribution in [0, 0.1) is 6.92 Å². The van der Waals surface area contributed by atoms with Crippen LogP contribution in [0.3, 0.4) is 0 Å². The zero-order valence-corrected chi connectivity index (χ0v) is 22.1. The Bertz CT molecular complexity index is 1110. The van der Waals surface area contributed by atoms with Crippen LogP contribution in [0.1, 0.15) is 62.2 Å². The normalized spacial score (nSPS) is 15.0. The number of piperidine rings is 1. The first-order valence-electron chi connectivity index (χ1n) is 11.7. The number of rotatable bonds is 4. The summed E-state index contributed by atoms with van der Waals surface area (Å²) in [5, 5.41) is 42.8. The standard InChI is InChI=1S/C19H29N5O2.2C2HF3O2/c1-13-18(26)16(14(12-25)9-20-13)10-23-7-5-15(6-8-23)24-11-17(21-22-24)19(2,3)4;2*3-2(4,5)1(6)7/h9,11,15,25-26H,5-8,10,12H2,1-4H3;2*(H,6,7). The molecule has 0 saturated carbocycles. The Morgan fingerprint density at radius 3 is 1.85 bits per heavy atom. The first-order valence-corrected chi connectivity index (χ1v) is 11.7. The number of aromatic nitrogens is 4. The number of aliphatic carboxylic acids is 2. The monoisotopic (exact) mass is 587 g/mol. The van der Waals surface area contributed by atoms with Crippen molar-refractivity contribution < 1.29 is 56.4 Å². The highest BCUT2D eigenvalue weighted by atomic mass is 19.4. The van der Waals surface area contributed by atoms with Gasteiger partial charge >= 0.3 is 24.3 Å². The topological polar surface area (TPSA) is 162 Å². The highest BCUT2D eigenvalue weighted by Gasteiger charge is 2.39. The number of carboxylic acid groups (broad SMARTS) is 2. The van der Waals surface area contributed by atoms with Gasteiger partial charge in [0.15, 0.2) is 0 Å². The quantitative estimate of drug-likeness (QED) is 0.389. The van der Waals surface area contributed by atoms with E-state index >= 15 is 0 Å². The van der Waals surface area contributed by atoms with Crippen molar-refractivity contribution in [1.29, 1.82) is 0 Å². The van der Waals surface area contributed by atoms with E-state index in [0.717, 1.165) is 37.2 Å². The summed E-state index contributed by atoms with van der Waals surface area (Å²) in [6.45, 7) is 10.6. The highest BCUT2D eigenvalue weighted by molar-refractivity contribution is 5.73. The number of halogens is 6. The Labute approximate surface area is 225 Å². The number of alkyl halides is 6. The molecule has 1 saturated heterocycles. The van der Waals surface area contributed by atoms with Gasteiger partial charge in [-0.05, 0) is 19.8 Å². The van der Waals surface area contributed by atoms with Crippen molar-refractivity contribution in [2.75, 3.05) is 13.1 Å². The van der Waals surface area contributed by atoms with E-state index in [2.05, 4.69) is 47.2 Å². The van der Waals surface area contributed by atoms with E-state index in [9.17, 15) is 36.6 Å². The molecule has 1 aliphatic heterocycles. The summed E-state index contributed by atoms with van der Waals surface area (Å²) in [6.07, 6.45) is -4.46. The molecule has 0 aromatic carbocycles. The second-order valence-electron chi connectivity index (χ2n) is 9.80. The molecule has 0 radical (unpaired) electrons. The number of aliphatic hydroxyl groups is 1. The van der Waals surface area contributed by atoms with Crippen molar-refractivity contribution in [3.8, 4) is 5.75 Å². The highest BCUT2D eigenvalue weighted by Crippen LogP contribution is 2.29. The molecule has 0 amide bonds. The summed E-state index contributed by atoms with van der Waals surface area (Å²) in [4.78, 5) is 24.2. The van der Waals surface area contributed by atoms with Gasteiger partial charge in [-0.25, -0.2) is 14.3 Å². The summed E-state index contributed by atoms with van der Waals surface area (Å²) in [7, 11) is 0. The fourth-order valence-corrected chi connectivity index (χ4v) is 3.36. The van der Waals surface area contributed by atoms with Crippen molar-refractivity contribution in [2.45, 2.75) is 77.5 Å². The molecule has 3 rings (SSSR count). The average molecular weight is 588 g/mol. The van der Waals surface area contributed by atoms with E-state index in [0.29, 0.717) is 23.8 Å². The van der Waals surface area contributed by atoms with Gasteiger partial charge in [0, 0.05) is 48.6 Å². The largest absolute Gasteiger partial charge is 0.506 e. The molecule has 17 heteroatoms. The Morgan fingerprint density at radius 2 is 1.48 bits per heavy atom. The summed E-state index contributed by atoms with van der Waals surface area (Å²) >= 11 is 0. The number of aryl methyl sites for hydroxylation is 1. The maximum atomic E-state index is 10.6. The van der Waals surface area contributed by atoms with Gasteiger partial charge in [0.05, 0.1) is 24.0 Å². The van der Waals surface area contributed by atoms with Gasteiger partial charge in [0.25, 0.3) is 0 Å². The Hall–Kier alpha value is -3.47. The minimum absolute atomic E-state index is 0.0103. The average Bonchev–Trinajstić information content (AvgIpc) is 3.33. The molecule has 0 bridgehead atoms. The van der Waals surface area contributed by atoms with Gasteiger partial charge in [-0.15, -0.1) is 5.10 Å². The van der Waals surface area contributed by atoms with Crippen molar-refractivity contribution >= 4 is 11.9 Å². The number of carboxylic acids is 2. The van der Waals surface area contributed by atoms with Crippen LogP contribution in [-0.2, 0) is 28.2 Å². The molecule has 4 N–H and O–H groups in total. The number of nitrogens with zero attached hydrogens (tertiary/aromatic N) is 5. The number of hydrogen-bond acceptors (Lipinski definition) is 8. The molecule has 0 unspecified atom stereocenters. The minimum Gasteiger partial charge on any atom is -0.506 e. The SMILES string of the molecule is Cc1ncc(CO)c(CN2CCC(n3cc(C(C)(C)C)nn3)CC2)c1O.O=C(O)C(F)(F)F.O=C(O)C(F)(F)F. The van der Waals surface area contributed by atoms with Crippen molar-refractivity contribution in [3.63, 3.8) is 0 Å². The number of aromatic hydroxyl groups is 1. The van der Waals surface area contributed by atoms with E-state index in [-0.39, 0.29) is 17.8 Å². The van der Waals surface area contributed by atoms with Crippen LogP contribution in [0.2, 0.25) is 0 Å². The Balaban J connectivity index is 0.000000473. The van der Waals surface area contributed by atoms with Gasteiger partial charge in [-0.1, -0.05) is 26.0 Å². The van der Waals surface area contributed by atoms with Crippen LogP contribution in [0.15, 0.2) is 12.4 Å². The smallest absolute Gasteiger partial charge is 0.490 e. The van der Waals surface area contributed by atoms with Crippen molar-refractivity contribution in [1.82, 2.24) is 24.9 Å². The lowest BCUT2D eigenvalue weighted by atomic mass is 9.93. The van der Waals surface area contributed by atoms with Crippen LogP contribution in [-0.4, -0.2) is 82.7 Å². The Kier molecular flexibility index (Phi) is 11.9. The molecule has 0 atom stereocenters. The van der Waals surface area contributed by atoms with Crippen LogP contribution in [0.25, 0.3) is 0 Å². The number of pyridine rings is 1. The van der Waals surface area contributed by atoms with Gasteiger partial charge in [-0.2, -0.15) is 26.3 Å². The zero-order valence-electron chi connectivity index (χ0n) is 22.1. The summed E-state index contributed by atoms with van der Waals surface area (Å²) in [6, 6.07) is 0.361. The van der Waals surface area contributed by atoms with Gasteiger partial charge < -0.3 is 20.4 Å². The fourth-order valence-electron chi connectivity index (χ4n) is 3.36. The molecule has 0 spiro atoms. The lowest BCUT2D eigenvalue weighted by Crippen LogP contribution is -2.34. The molecule has 11 nitrogen and oxygen atoms in total. The third-order valence-corrected chi connectivity index (χ3v) is 5.68. The lowest BCUT2D eigenvalue weighted by molar-refractivity contribution is -0.193. The van der Waals surface area contributed by atoms with Crippen LogP contribution in [0.5, 0.6) is 5.75 Å². The number of aliphatic hydroxyl groups excluding tert-OH is 1. The summed E-state index contributed by atoms with van der Waals surface area (Å²) in [5.74, 6) is -5.32. The van der Waals surface area contributed by atoms with E-state index in [1.165, 1.54) is 0 Å². The second-order valence-corrected chi connectivity index (χ2v) is 9.80. The first kappa shape index (κ1) is 34.6. The van der Waals surface area contributed by atoms with Crippen LogP contribution in [0.4, 0.5) is 26.3 Å². The van der Waals surface area contributed by atoms with Crippen LogP contribution < -0.4 is 0 Å². The maximum absolute atomic E-state index is 10.6. The lowest BCUT2D eigenvalue weighted by Gasteiger charge is -2.32. The number of carbonyl (C=O) groups is 2. The predicted octanol–water partition coefficient (Wildman–Crippen LogP) is 3.58. The number of hydrogen-bond donors (Lipinski definition) is 4. The molecule has 2 aromatic rings. The molecule has 1 aliphatic rings. The van der Waals surface area contributed by atoms with E-state index in [1.54, 1.807) is 13.1 Å². The van der Waals surface area contributed by atoms with Crippen molar-refractivity contribution in [3.05, 3.63) is 34.9 Å². The molecule has 2 aromatic heterocycles. The third kappa shape index (κ3) is 10.6. The molecular weight excluding hydrogens is 556 g/mol. The molecule has 40 heavy (non-hydrogen) atoms. The van der Waals surface area contributed by atoms with Crippen molar-refractivity contribution in [2.24, 2.45) is 0 Å². The summed E-state index contributed by atoms with van der Waals surface area (Å²) < 4.78 is 65.5. The predicted molar refractivity (Wildman–Crippen MR) is 126 cm³/mol. The second kappa shape index (κ2) is 13.7. The van der Waals surface area contributed by atoms with Gasteiger partial charge in [0.1, 0.15) is 5.75 Å². The fraction of sp³-hybridized carbons (Fsp3) is 0.609.